The van der Waals surface area contributed by atoms with Gasteiger partial charge in [-0.2, -0.15) is 0 Å². The Bertz CT molecular complexity index is 256. The Kier molecular flexibility index (Phi) is 4.73. The molecule has 2 heterocycles. The van der Waals surface area contributed by atoms with E-state index in [9.17, 15) is 9.90 Å². The number of carbonyl (C=O) groups excluding carboxylic acids is 1. The standard InChI is InChI=1S/C11H21N3O3/c15-10(8-14-1-3-17-4-2-14)7-12-9-5-11(16)13-6-9/h9-10,12,15H,1-8H2,(H,13,16). The number of ether oxygens (including phenoxy) is 1. The molecular formula is C11H21N3O3. The van der Waals surface area contributed by atoms with Crippen molar-refractivity contribution in [1.82, 2.24) is 15.5 Å². The number of aliphatic hydroxyl groups is 1. The number of nitrogens with zero attached hydrogens (tertiary/aromatic N) is 1. The molecule has 0 spiro atoms. The predicted molar refractivity (Wildman–Crippen MR) is 62.7 cm³/mol. The fraction of sp³-hybridized carbons (Fsp3) is 0.909. The van der Waals surface area contributed by atoms with Crippen molar-refractivity contribution >= 4 is 5.91 Å². The number of nitrogens with one attached hydrogen (secondary N) is 2. The molecule has 0 aromatic rings. The average Bonchev–Trinajstić information content (AvgIpc) is 2.74. The van der Waals surface area contributed by atoms with Crippen LogP contribution in [-0.4, -0.2) is 74.0 Å². The van der Waals surface area contributed by atoms with Gasteiger partial charge < -0.3 is 20.5 Å². The number of carbonyl (C=O) groups is 1. The molecule has 0 saturated carbocycles. The third-order valence-corrected chi connectivity index (χ3v) is 3.19. The Hall–Kier alpha value is -0.690. The van der Waals surface area contributed by atoms with E-state index in [4.69, 9.17) is 4.74 Å². The highest BCUT2D eigenvalue weighted by atomic mass is 16.5. The van der Waals surface area contributed by atoms with E-state index in [-0.39, 0.29) is 18.1 Å². The zero-order chi connectivity index (χ0) is 12.1. The Morgan fingerprint density at radius 1 is 1.53 bits per heavy atom. The van der Waals surface area contributed by atoms with Gasteiger partial charge in [0.25, 0.3) is 0 Å². The van der Waals surface area contributed by atoms with Gasteiger partial charge in [0.15, 0.2) is 0 Å². The van der Waals surface area contributed by atoms with Crippen molar-refractivity contribution in [3.05, 3.63) is 0 Å². The van der Waals surface area contributed by atoms with Crippen LogP contribution in [0.1, 0.15) is 6.42 Å². The lowest BCUT2D eigenvalue weighted by Crippen LogP contribution is -2.45. The highest BCUT2D eigenvalue weighted by Crippen LogP contribution is 2.01. The number of β-amino-alcohol motifs (C(OH)–C–C–N with tert-alkyl or cyclic N) is 1. The molecular weight excluding hydrogens is 222 g/mol. The van der Waals surface area contributed by atoms with Gasteiger partial charge in [-0.15, -0.1) is 0 Å². The fourth-order valence-electron chi connectivity index (χ4n) is 2.20. The first-order valence-corrected chi connectivity index (χ1v) is 6.22. The molecule has 2 atom stereocenters. The van der Waals surface area contributed by atoms with Crippen LogP contribution in [0.15, 0.2) is 0 Å². The van der Waals surface area contributed by atoms with Crippen molar-refractivity contribution in [2.45, 2.75) is 18.6 Å². The van der Waals surface area contributed by atoms with Gasteiger partial charge in [0.1, 0.15) is 0 Å². The first-order valence-electron chi connectivity index (χ1n) is 6.22. The van der Waals surface area contributed by atoms with E-state index >= 15 is 0 Å². The number of hydrogen-bond acceptors (Lipinski definition) is 5. The Labute approximate surface area is 101 Å². The minimum atomic E-state index is -0.385. The maximum absolute atomic E-state index is 11.0. The van der Waals surface area contributed by atoms with Gasteiger partial charge >= 0.3 is 0 Å². The zero-order valence-corrected chi connectivity index (χ0v) is 10.0. The second kappa shape index (κ2) is 6.30. The van der Waals surface area contributed by atoms with E-state index in [1.165, 1.54) is 0 Å². The zero-order valence-electron chi connectivity index (χ0n) is 10.0. The third kappa shape index (κ3) is 4.23. The second-order valence-corrected chi connectivity index (χ2v) is 4.68. The summed E-state index contributed by atoms with van der Waals surface area (Å²) in [5.41, 5.74) is 0. The van der Waals surface area contributed by atoms with Crippen LogP contribution in [0.4, 0.5) is 0 Å². The van der Waals surface area contributed by atoms with E-state index in [2.05, 4.69) is 15.5 Å². The molecule has 2 aliphatic rings. The lowest BCUT2D eigenvalue weighted by Gasteiger charge is -2.28. The summed E-state index contributed by atoms with van der Waals surface area (Å²) in [6, 6.07) is 0.168. The van der Waals surface area contributed by atoms with Gasteiger partial charge in [-0.3, -0.25) is 9.69 Å². The van der Waals surface area contributed by atoms with E-state index in [1.54, 1.807) is 0 Å². The van der Waals surface area contributed by atoms with Gasteiger partial charge in [-0.05, 0) is 0 Å². The van der Waals surface area contributed by atoms with Crippen molar-refractivity contribution in [1.29, 1.82) is 0 Å². The summed E-state index contributed by atoms with van der Waals surface area (Å²) in [6.45, 7) is 5.16. The van der Waals surface area contributed by atoms with Crippen molar-refractivity contribution < 1.29 is 14.6 Å². The molecule has 6 nitrogen and oxygen atoms in total. The van der Waals surface area contributed by atoms with Crippen LogP contribution in [0.25, 0.3) is 0 Å². The van der Waals surface area contributed by atoms with E-state index in [1.807, 2.05) is 0 Å². The van der Waals surface area contributed by atoms with Gasteiger partial charge in [0.2, 0.25) is 5.91 Å². The number of morpholine rings is 1. The minimum Gasteiger partial charge on any atom is -0.390 e. The van der Waals surface area contributed by atoms with Crippen molar-refractivity contribution in [3.63, 3.8) is 0 Å². The van der Waals surface area contributed by atoms with Gasteiger partial charge in [0.05, 0.1) is 19.3 Å². The quantitative estimate of drug-likeness (QED) is 0.529. The van der Waals surface area contributed by atoms with E-state index in [0.29, 0.717) is 26.1 Å². The van der Waals surface area contributed by atoms with Crippen LogP contribution in [-0.2, 0) is 9.53 Å². The Morgan fingerprint density at radius 3 is 2.94 bits per heavy atom. The molecule has 2 saturated heterocycles. The normalized spacial score (nSPS) is 28.1. The van der Waals surface area contributed by atoms with E-state index < -0.39 is 0 Å². The second-order valence-electron chi connectivity index (χ2n) is 4.68. The summed E-state index contributed by atoms with van der Waals surface area (Å²) in [5.74, 6) is 0.0881. The molecule has 0 bridgehead atoms. The molecule has 2 rings (SSSR count). The molecule has 2 fully saturated rings. The molecule has 2 aliphatic heterocycles. The molecule has 3 N–H and O–H groups in total. The molecule has 0 aromatic carbocycles. The maximum Gasteiger partial charge on any atom is 0.221 e. The fourth-order valence-corrected chi connectivity index (χ4v) is 2.20. The highest BCUT2D eigenvalue weighted by Gasteiger charge is 2.22. The number of hydrogen-bond donors (Lipinski definition) is 3. The predicted octanol–water partition coefficient (Wildman–Crippen LogP) is -1.84. The summed E-state index contributed by atoms with van der Waals surface area (Å²) in [4.78, 5) is 13.2. The lowest BCUT2D eigenvalue weighted by atomic mass is 10.2. The topological polar surface area (TPSA) is 73.8 Å². The first kappa shape index (κ1) is 12.8. The molecule has 98 valence electrons. The summed E-state index contributed by atoms with van der Waals surface area (Å²) >= 11 is 0. The largest absolute Gasteiger partial charge is 0.390 e. The molecule has 0 aliphatic carbocycles. The molecule has 0 radical (unpaired) electrons. The molecule has 6 heteroatoms. The lowest BCUT2D eigenvalue weighted by molar-refractivity contribution is -0.119. The summed E-state index contributed by atoms with van der Waals surface area (Å²) in [5, 5.41) is 15.9. The number of rotatable bonds is 5. The van der Waals surface area contributed by atoms with Crippen LogP contribution in [0, 0.1) is 0 Å². The number of amides is 1. The first-order chi connectivity index (χ1) is 8.24. The Balaban J connectivity index is 1.60. The SMILES string of the molecule is O=C1CC(NCC(O)CN2CCOCC2)CN1. The van der Waals surface area contributed by atoms with Crippen LogP contribution in [0.2, 0.25) is 0 Å². The maximum atomic E-state index is 11.0. The number of aliphatic hydroxyl groups excluding tert-OH is 1. The minimum absolute atomic E-state index is 0.0881. The van der Waals surface area contributed by atoms with Crippen LogP contribution in [0.5, 0.6) is 0 Å². The van der Waals surface area contributed by atoms with Crippen molar-refractivity contribution in [2.75, 3.05) is 45.9 Å². The molecule has 2 unspecified atom stereocenters. The van der Waals surface area contributed by atoms with Crippen LogP contribution >= 0.6 is 0 Å². The van der Waals surface area contributed by atoms with Gasteiger partial charge in [-0.1, -0.05) is 0 Å². The average molecular weight is 243 g/mol. The highest BCUT2D eigenvalue weighted by molar-refractivity contribution is 5.78. The molecule has 1 amide bonds. The van der Waals surface area contributed by atoms with E-state index in [0.717, 1.165) is 26.3 Å². The summed E-state index contributed by atoms with van der Waals surface area (Å²) in [7, 11) is 0. The monoisotopic (exact) mass is 243 g/mol. The summed E-state index contributed by atoms with van der Waals surface area (Å²) < 4.78 is 5.25. The van der Waals surface area contributed by atoms with Gasteiger partial charge in [0, 0.05) is 45.2 Å². The Morgan fingerprint density at radius 2 is 2.29 bits per heavy atom. The molecule has 0 aromatic heterocycles. The summed E-state index contributed by atoms with van der Waals surface area (Å²) in [6.07, 6.45) is 0.133. The van der Waals surface area contributed by atoms with Crippen LogP contribution in [0.3, 0.4) is 0 Å². The van der Waals surface area contributed by atoms with Gasteiger partial charge in [-0.25, -0.2) is 0 Å². The smallest absolute Gasteiger partial charge is 0.221 e. The third-order valence-electron chi connectivity index (χ3n) is 3.19. The van der Waals surface area contributed by atoms with Crippen molar-refractivity contribution in [2.24, 2.45) is 0 Å². The van der Waals surface area contributed by atoms with Crippen LogP contribution < -0.4 is 10.6 Å². The molecule has 17 heavy (non-hydrogen) atoms. The van der Waals surface area contributed by atoms with Crippen molar-refractivity contribution in [3.8, 4) is 0 Å².